The second-order valence-electron chi connectivity index (χ2n) is 12.1. The highest BCUT2D eigenvalue weighted by atomic mass is 16.3. The summed E-state index contributed by atoms with van der Waals surface area (Å²) in [6, 6.07) is 0. The van der Waals surface area contributed by atoms with Crippen LogP contribution in [0.4, 0.5) is 0 Å². The van der Waals surface area contributed by atoms with E-state index in [0.717, 1.165) is 36.5 Å². The van der Waals surface area contributed by atoms with Gasteiger partial charge in [-0.1, -0.05) is 57.4 Å². The Bertz CT molecular complexity index is 684. The van der Waals surface area contributed by atoms with E-state index in [-0.39, 0.29) is 6.10 Å². The van der Waals surface area contributed by atoms with Gasteiger partial charge in [0, 0.05) is 0 Å². The molecule has 0 aliphatic heterocycles. The topological polar surface area (TPSA) is 20.2 Å². The van der Waals surface area contributed by atoms with Crippen molar-refractivity contribution in [2.45, 2.75) is 112 Å². The summed E-state index contributed by atoms with van der Waals surface area (Å²) in [5, 5.41) is 10.2. The fourth-order valence-electron chi connectivity index (χ4n) is 8.19. The molecule has 29 heavy (non-hydrogen) atoms. The molecule has 4 aliphatic carbocycles. The van der Waals surface area contributed by atoms with Crippen LogP contribution in [0.1, 0.15) is 106 Å². The molecule has 0 bridgehead atoms. The van der Waals surface area contributed by atoms with Crippen molar-refractivity contribution >= 4 is 0 Å². The number of aliphatic hydroxyl groups excluding tert-OH is 1. The Morgan fingerprint density at radius 1 is 1.07 bits per heavy atom. The van der Waals surface area contributed by atoms with Crippen LogP contribution in [0.25, 0.3) is 0 Å². The summed E-state index contributed by atoms with van der Waals surface area (Å²) in [6.07, 6.45) is 15.3. The lowest BCUT2D eigenvalue weighted by molar-refractivity contribution is 0.0136. The average Bonchev–Trinajstić information content (AvgIpc) is 3.03. The van der Waals surface area contributed by atoms with Gasteiger partial charge in [-0.2, -0.15) is 0 Å². The van der Waals surface area contributed by atoms with Gasteiger partial charge in [-0.15, -0.1) is 0 Å². The molecule has 0 aromatic carbocycles. The average molecular weight is 399 g/mol. The standard InChI is InChI=1S/C28H46O/c1-18(2)19(3)7-8-20(4)24-11-12-25-23-10-9-21-17-22(29)13-15-27(21,5)26(23)14-16-28(24,25)6/h7,18,20-22,24-25,29H,8-17H2,1-6H3/t20-,21?,22?,24-,25+,27+,28-/m1/s1. The summed E-state index contributed by atoms with van der Waals surface area (Å²) in [5.74, 6) is 3.95. The number of fused-ring (bicyclic) bond motifs is 4. The Labute approximate surface area is 180 Å². The molecule has 0 aromatic heterocycles. The Balaban J connectivity index is 1.56. The third-order valence-corrected chi connectivity index (χ3v) is 10.4. The lowest BCUT2D eigenvalue weighted by atomic mass is 9.50. The second-order valence-corrected chi connectivity index (χ2v) is 12.1. The fourth-order valence-corrected chi connectivity index (χ4v) is 8.19. The monoisotopic (exact) mass is 398 g/mol. The first kappa shape index (κ1) is 21.7. The van der Waals surface area contributed by atoms with E-state index in [4.69, 9.17) is 0 Å². The van der Waals surface area contributed by atoms with Gasteiger partial charge in [-0.05, 0) is 112 Å². The Kier molecular flexibility index (Phi) is 5.86. The molecule has 0 amide bonds. The molecule has 1 N–H and O–H groups in total. The predicted octanol–water partition coefficient (Wildman–Crippen LogP) is 7.70. The molecule has 1 nitrogen and oxygen atoms in total. The first-order chi connectivity index (χ1) is 13.7. The molecular weight excluding hydrogens is 352 g/mol. The molecule has 2 saturated carbocycles. The van der Waals surface area contributed by atoms with Crippen molar-refractivity contribution in [3.05, 3.63) is 22.8 Å². The number of allylic oxidation sites excluding steroid dienone is 4. The molecule has 2 unspecified atom stereocenters. The summed E-state index contributed by atoms with van der Waals surface area (Å²) >= 11 is 0. The molecule has 0 radical (unpaired) electrons. The van der Waals surface area contributed by atoms with E-state index < -0.39 is 0 Å². The van der Waals surface area contributed by atoms with Gasteiger partial charge >= 0.3 is 0 Å². The molecule has 4 rings (SSSR count). The maximum Gasteiger partial charge on any atom is 0.0543 e. The number of rotatable bonds is 4. The maximum atomic E-state index is 10.2. The summed E-state index contributed by atoms with van der Waals surface area (Å²) in [7, 11) is 0. The highest BCUT2D eigenvalue weighted by Gasteiger charge is 2.55. The van der Waals surface area contributed by atoms with E-state index in [0.29, 0.717) is 16.7 Å². The van der Waals surface area contributed by atoms with Crippen LogP contribution in [-0.4, -0.2) is 11.2 Å². The zero-order chi connectivity index (χ0) is 21.0. The van der Waals surface area contributed by atoms with Crippen LogP contribution < -0.4 is 0 Å². The number of aliphatic hydroxyl groups is 1. The summed E-state index contributed by atoms with van der Waals surface area (Å²) in [6.45, 7) is 14.7. The van der Waals surface area contributed by atoms with E-state index in [2.05, 4.69) is 47.6 Å². The van der Waals surface area contributed by atoms with Crippen LogP contribution >= 0.6 is 0 Å². The summed E-state index contributed by atoms with van der Waals surface area (Å²) in [5.41, 5.74) is 6.25. The van der Waals surface area contributed by atoms with Gasteiger partial charge < -0.3 is 5.11 Å². The molecule has 0 spiro atoms. The fraction of sp³-hybridized carbons (Fsp3) is 0.857. The molecule has 2 fully saturated rings. The molecular formula is C28H46O. The molecule has 1 heteroatoms. The Morgan fingerprint density at radius 2 is 1.83 bits per heavy atom. The molecule has 164 valence electrons. The second kappa shape index (κ2) is 7.85. The largest absolute Gasteiger partial charge is 0.393 e. The van der Waals surface area contributed by atoms with E-state index in [1.54, 1.807) is 5.57 Å². The first-order valence-electron chi connectivity index (χ1n) is 12.7. The predicted molar refractivity (Wildman–Crippen MR) is 124 cm³/mol. The number of hydrogen-bond acceptors (Lipinski definition) is 1. The van der Waals surface area contributed by atoms with Gasteiger partial charge in [0.25, 0.3) is 0 Å². The van der Waals surface area contributed by atoms with Gasteiger partial charge in [0.15, 0.2) is 0 Å². The zero-order valence-electron chi connectivity index (χ0n) is 20.1. The van der Waals surface area contributed by atoms with Crippen LogP contribution in [0, 0.1) is 40.4 Å². The zero-order valence-corrected chi connectivity index (χ0v) is 20.1. The minimum Gasteiger partial charge on any atom is -0.393 e. The van der Waals surface area contributed by atoms with Gasteiger partial charge in [0.1, 0.15) is 0 Å². The SMILES string of the molecule is CC(=CC[C@@H](C)[C@H]1CC[C@H]2C3=C(CC[C@]12C)[C@@]1(C)CCC(O)CC1CC3)C(C)C. The van der Waals surface area contributed by atoms with Crippen LogP contribution in [0.15, 0.2) is 22.8 Å². The first-order valence-corrected chi connectivity index (χ1v) is 12.7. The van der Waals surface area contributed by atoms with E-state index in [1.807, 2.05) is 11.1 Å². The lowest BCUT2D eigenvalue weighted by Gasteiger charge is -2.55. The third-order valence-electron chi connectivity index (χ3n) is 10.4. The normalized spacial score (nSPS) is 43.8. The minimum atomic E-state index is -0.0388. The number of hydrogen-bond donors (Lipinski definition) is 1. The van der Waals surface area contributed by atoms with Crippen LogP contribution in [-0.2, 0) is 0 Å². The van der Waals surface area contributed by atoms with Crippen LogP contribution in [0.2, 0.25) is 0 Å². The van der Waals surface area contributed by atoms with Crippen LogP contribution in [0.3, 0.4) is 0 Å². The van der Waals surface area contributed by atoms with Crippen molar-refractivity contribution in [1.29, 1.82) is 0 Å². The van der Waals surface area contributed by atoms with Crippen molar-refractivity contribution < 1.29 is 5.11 Å². The quantitative estimate of drug-likeness (QED) is 0.481. The third kappa shape index (κ3) is 3.58. The van der Waals surface area contributed by atoms with Gasteiger partial charge in [0.05, 0.1) is 6.10 Å². The molecule has 0 heterocycles. The molecule has 0 saturated heterocycles. The maximum absolute atomic E-state index is 10.2. The van der Waals surface area contributed by atoms with Crippen molar-refractivity contribution in [1.82, 2.24) is 0 Å². The Hall–Kier alpha value is -0.560. The van der Waals surface area contributed by atoms with Crippen molar-refractivity contribution in [3.63, 3.8) is 0 Å². The summed E-state index contributed by atoms with van der Waals surface area (Å²) in [4.78, 5) is 0. The molecule has 4 aliphatic rings. The van der Waals surface area contributed by atoms with Crippen molar-refractivity contribution in [2.75, 3.05) is 0 Å². The minimum absolute atomic E-state index is 0.0388. The Morgan fingerprint density at radius 3 is 2.55 bits per heavy atom. The highest BCUT2D eigenvalue weighted by Crippen LogP contribution is 2.65. The van der Waals surface area contributed by atoms with Crippen LogP contribution in [0.5, 0.6) is 0 Å². The molecule has 7 atom stereocenters. The van der Waals surface area contributed by atoms with E-state index in [1.165, 1.54) is 51.4 Å². The van der Waals surface area contributed by atoms with Gasteiger partial charge in [-0.25, -0.2) is 0 Å². The molecule has 0 aromatic rings. The highest BCUT2D eigenvalue weighted by molar-refractivity contribution is 5.34. The lowest BCUT2D eigenvalue weighted by Crippen LogP contribution is -2.45. The van der Waals surface area contributed by atoms with Crippen molar-refractivity contribution in [3.8, 4) is 0 Å². The smallest absolute Gasteiger partial charge is 0.0543 e. The van der Waals surface area contributed by atoms with Gasteiger partial charge in [-0.3, -0.25) is 0 Å². The van der Waals surface area contributed by atoms with Gasteiger partial charge in [0.2, 0.25) is 0 Å². The summed E-state index contributed by atoms with van der Waals surface area (Å²) < 4.78 is 0. The van der Waals surface area contributed by atoms with E-state index in [9.17, 15) is 5.11 Å². The van der Waals surface area contributed by atoms with E-state index >= 15 is 0 Å². The van der Waals surface area contributed by atoms with Crippen molar-refractivity contribution in [2.24, 2.45) is 40.4 Å².